The molecule has 1 aliphatic heterocycles. The number of allylic oxidation sites excluding steroid dienone is 2. The molecule has 0 saturated heterocycles. The summed E-state index contributed by atoms with van der Waals surface area (Å²) in [6.07, 6.45) is 0.215. The third kappa shape index (κ3) is 5.79. The Balaban J connectivity index is 1.58. The molecule has 1 N–H and O–H groups in total. The molecule has 232 valence electrons. The Morgan fingerprint density at radius 2 is 0.833 bits per heavy atom. The summed E-state index contributed by atoms with van der Waals surface area (Å²) < 4.78 is 0. The molecule has 0 atom stereocenters. The maximum absolute atomic E-state index is 14.7. The number of benzene rings is 6. The topological polar surface area (TPSA) is 54.4 Å². The minimum absolute atomic E-state index is 0.122. The molecule has 0 bridgehead atoms. The van der Waals surface area contributed by atoms with Gasteiger partial charge in [-0.2, -0.15) is 0 Å². The number of aromatic carboxylic acids is 1. The van der Waals surface area contributed by atoms with E-state index in [0.717, 1.165) is 27.8 Å². The largest absolute Gasteiger partial charge is 0.478 e. The summed E-state index contributed by atoms with van der Waals surface area (Å²) in [6.45, 7) is 0. The number of carbonyl (C=O) groups is 2. The average molecular weight is 639 g/mol. The number of carboxylic acids is 1. The molecule has 1 aliphatic rings. The highest BCUT2D eigenvalue weighted by molar-refractivity contribution is 7.23. The van der Waals surface area contributed by atoms with Crippen molar-refractivity contribution in [2.75, 3.05) is 0 Å². The molecule has 6 aromatic carbocycles. The quantitative estimate of drug-likeness (QED) is 0.152. The minimum atomic E-state index is -3.17. The second-order valence-electron chi connectivity index (χ2n) is 12.1. The lowest BCUT2D eigenvalue weighted by molar-refractivity contribution is -0.116. The fourth-order valence-electron chi connectivity index (χ4n) is 7.22. The molecule has 4 heteroatoms. The lowest BCUT2D eigenvalue weighted by Crippen LogP contribution is -2.51. The fourth-order valence-corrected chi connectivity index (χ4v) is 12.8. The number of Topliss-reactive ketones (excluding diaryl/α,β-unsaturated/α-hetero) is 1. The van der Waals surface area contributed by atoms with Crippen LogP contribution in [0.25, 0.3) is 21.5 Å². The van der Waals surface area contributed by atoms with Gasteiger partial charge in [-0.15, -0.1) is 0 Å². The van der Waals surface area contributed by atoms with Crippen molar-refractivity contribution in [2.45, 2.75) is 12.5 Å². The molecular formula is C44H34O3Si. The maximum atomic E-state index is 14.7. The van der Waals surface area contributed by atoms with Gasteiger partial charge in [0.05, 0.1) is 5.56 Å². The first-order valence-corrected chi connectivity index (χ1v) is 18.4. The van der Waals surface area contributed by atoms with Crippen LogP contribution in [0.2, 0.25) is 6.04 Å². The Morgan fingerprint density at radius 1 is 0.458 bits per heavy atom. The number of rotatable bonds is 10. The van der Waals surface area contributed by atoms with Gasteiger partial charge in [0.2, 0.25) is 0 Å². The van der Waals surface area contributed by atoms with Crippen molar-refractivity contribution in [1.82, 2.24) is 0 Å². The molecule has 0 unspecified atom stereocenters. The summed E-state index contributed by atoms with van der Waals surface area (Å²) in [5.74, 6) is -0.858. The Hall–Kier alpha value is -5.84. The monoisotopic (exact) mass is 638 g/mol. The summed E-state index contributed by atoms with van der Waals surface area (Å²) in [7, 11) is -3.17. The summed E-state index contributed by atoms with van der Waals surface area (Å²) >= 11 is 0. The molecule has 0 aromatic heterocycles. The van der Waals surface area contributed by atoms with Crippen LogP contribution in [-0.4, -0.2) is 24.9 Å². The van der Waals surface area contributed by atoms with E-state index in [1.807, 2.05) is 30.3 Å². The SMILES string of the molecule is O=C(Cc1ccc(C(=O)O)cc1)C[Si]1(c2ccccc2)C(c2ccccc2)=C(c2ccccc2)C(c2ccccc2)=C1c1ccccc1. The van der Waals surface area contributed by atoms with E-state index in [0.29, 0.717) is 6.04 Å². The minimum Gasteiger partial charge on any atom is -0.478 e. The van der Waals surface area contributed by atoms with Crippen molar-refractivity contribution in [3.8, 4) is 0 Å². The van der Waals surface area contributed by atoms with Crippen LogP contribution in [0.15, 0.2) is 176 Å². The number of ketones is 1. The molecule has 0 spiro atoms. The average Bonchev–Trinajstić information content (AvgIpc) is 3.45. The molecule has 0 aliphatic carbocycles. The standard InChI is InChI=1S/C44H34O3Si/c45-38(30-32-26-28-37(29-27-32)44(46)47)31-48(39-24-14-5-15-25-39)42(35-20-10-3-11-21-35)40(33-16-6-1-7-17-33)41(34-18-8-2-9-19-34)43(48)36-22-12-4-13-23-36/h1-29H,30-31H2,(H,46,47). The zero-order valence-electron chi connectivity index (χ0n) is 26.4. The first-order valence-electron chi connectivity index (χ1n) is 16.2. The van der Waals surface area contributed by atoms with E-state index >= 15 is 0 Å². The summed E-state index contributed by atoms with van der Waals surface area (Å²) in [4.78, 5) is 26.2. The molecule has 1 heterocycles. The predicted octanol–water partition coefficient (Wildman–Crippen LogP) is 9.17. The normalized spacial score (nSPS) is 13.8. The number of hydrogen-bond acceptors (Lipinski definition) is 2. The fraction of sp³-hybridized carbons (Fsp3) is 0.0455. The molecule has 0 radical (unpaired) electrons. The van der Waals surface area contributed by atoms with Gasteiger partial charge in [-0.3, -0.25) is 4.79 Å². The van der Waals surface area contributed by atoms with Crippen LogP contribution >= 0.6 is 0 Å². The van der Waals surface area contributed by atoms with Gasteiger partial charge in [-0.25, -0.2) is 4.79 Å². The Morgan fingerprint density at radius 3 is 1.23 bits per heavy atom. The number of carboxylic acid groups (broad SMARTS) is 1. The van der Waals surface area contributed by atoms with Crippen molar-refractivity contribution >= 4 is 46.6 Å². The van der Waals surface area contributed by atoms with Crippen molar-refractivity contribution in [3.63, 3.8) is 0 Å². The first-order chi connectivity index (χ1) is 23.6. The van der Waals surface area contributed by atoms with E-state index in [4.69, 9.17) is 0 Å². The summed E-state index contributed by atoms with van der Waals surface area (Å²) in [5.41, 5.74) is 7.82. The zero-order valence-corrected chi connectivity index (χ0v) is 27.4. The van der Waals surface area contributed by atoms with Crippen LogP contribution in [0.4, 0.5) is 0 Å². The van der Waals surface area contributed by atoms with Crippen LogP contribution in [0, 0.1) is 0 Å². The van der Waals surface area contributed by atoms with E-state index in [-0.39, 0.29) is 17.8 Å². The molecule has 0 saturated carbocycles. The highest BCUT2D eigenvalue weighted by atomic mass is 28.3. The van der Waals surface area contributed by atoms with Crippen molar-refractivity contribution in [3.05, 3.63) is 209 Å². The highest BCUT2D eigenvalue weighted by Gasteiger charge is 2.52. The van der Waals surface area contributed by atoms with Crippen molar-refractivity contribution in [2.24, 2.45) is 0 Å². The Labute approximate surface area is 282 Å². The van der Waals surface area contributed by atoms with Gasteiger partial charge in [0.25, 0.3) is 0 Å². The van der Waals surface area contributed by atoms with Crippen LogP contribution in [0.1, 0.15) is 38.2 Å². The van der Waals surface area contributed by atoms with Gasteiger partial charge in [0.1, 0.15) is 5.78 Å². The third-order valence-electron chi connectivity index (χ3n) is 9.18. The van der Waals surface area contributed by atoms with Crippen LogP contribution < -0.4 is 5.19 Å². The smallest absolute Gasteiger partial charge is 0.335 e. The molecular weight excluding hydrogens is 605 g/mol. The number of carbonyl (C=O) groups excluding carboxylic acids is 1. The Bertz CT molecular complexity index is 2020. The van der Waals surface area contributed by atoms with Gasteiger partial charge in [0.15, 0.2) is 8.07 Å². The second-order valence-corrected chi connectivity index (χ2v) is 15.9. The van der Waals surface area contributed by atoms with Gasteiger partial charge in [-0.05, 0) is 66.7 Å². The van der Waals surface area contributed by atoms with Gasteiger partial charge in [-0.1, -0.05) is 164 Å². The van der Waals surface area contributed by atoms with Crippen molar-refractivity contribution < 1.29 is 14.7 Å². The molecule has 48 heavy (non-hydrogen) atoms. The molecule has 6 aromatic rings. The van der Waals surface area contributed by atoms with E-state index in [2.05, 4.69) is 121 Å². The van der Waals surface area contributed by atoms with Crippen LogP contribution in [0.3, 0.4) is 0 Å². The van der Waals surface area contributed by atoms with E-state index in [9.17, 15) is 14.7 Å². The maximum Gasteiger partial charge on any atom is 0.335 e. The van der Waals surface area contributed by atoms with E-state index in [1.54, 1.807) is 24.3 Å². The van der Waals surface area contributed by atoms with Gasteiger partial charge >= 0.3 is 5.97 Å². The zero-order chi connectivity index (χ0) is 32.9. The number of hydrogen-bond donors (Lipinski definition) is 1. The molecule has 3 nitrogen and oxygen atoms in total. The molecule has 0 fully saturated rings. The van der Waals surface area contributed by atoms with E-state index in [1.165, 1.54) is 26.7 Å². The van der Waals surface area contributed by atoms with E-state index < -0.39 is 14.0 Å². The van der Waals surface area contributed by atoms with Gasteiger partial charge in [0, 0.05) is 12.5 Å². The highest BCUT2D eigenvalue weighted by Crippen LogP contribution is 2.56. The summed E-state index contributed by atoms with van der Waals surface area (Å²) in [6, 6.07) is 60.1. The molecule has 0 amide bonds. The lowest BCUT2D eigenvalue weighted by atomic mass is 9.89. The van der Waals surface area contributed by atoms with Gasteiger partial charge < -0.3 is 5.11 Å². The lowest BCUT2D eigenvalue weighted by Gasteiger charge is -2.35. The second kappa shape index (κ2) is 13.5. The third-order valence-corrected chi connectivity index (χ3v) is 14.2. The Kier molecular flexibility index (Phi) is 8.65. The predicted molar refractivity (Wildman–Crippen MR) is 198 cm³/mol. The van der Waals surface area contributed by atoms with Crippen LogP contribution in [0.5, 0.6) is 0 Å². The van der Waals surface area contributed by atoms with Crippen molar-refractivity contribution in [1.29, 1.82) is 0 Å². The van der Waals surface area contributed by atoms with Crippen LogP contribution in [-0.2, 0) is 11.2 Å². The first kappa shape index (κ1) is 30.8. The molecule has 7 rings (SSSR count). The summed E-state index contributed by atoms with van der Waals surface area (Å²) in [5, 5.41) is 13.1.